The van der Waals surface area contributed by atoms with Gasteiger partial charge in [-0.2, -0.15) is 0 Å². The summed E-state index contributed by atoms with van der Waals surface area (Å²) in [7, 11) is 1.60. The van der Waals surface area contributed by atoms with Gasteiger partial charge in [0, 0.05) is 23.3 Å². The molecule has 3 heterocycles. The molecule has 3 aromatic heterocycles. The van der Waals surface area contributed by atoms with E-state index < -0.39 is 0 Å². The highest BCUT2D eigenvalue weighted by Crippen LogP contribution is 2.32. The van der Waals surface area contributed by atoms with Crippen LogP contribution in [0.1, 0.15) is 0 Å². The summed E-state index contributed by atoms with van der Waals surface area (Å²) in [5.74, 6) is 0.558. The van der Waals surface area contributed by atoms with E-state index in [1.165, 1.54) is 6.33 Å². The third-order valence-electron chi connectivity index (χ3n) is 3.60. The first-order chi connectivity index (χ1) is 10.8. The quantitative estimate of drug-likeness (QED) is 0.611. The van der Waals surface area contributed by atoms with Crippen LogP contribution in [0.5, 0.6) is 5.88 Å². The number of aromatic nitrogens is 4. The van der Waals surface area contributed by atoms with Crippen LogP contribution in [0.25, 0.3) is 33.1 Å². The Morgan fingerprint density at radius 1 is 1.09 bits per heavy atom. The Morgan fingerprint density at radius 3 is 2.86 bits per heavy atom. The van der Waals surface area contributed by atoms with Gasteiger partial charge in [0.25, 0.3) is 0 Å². The van der Waals surface area contributed by atoms with Gasteiger partial charge >= 0.3 is 0 Å². The number of H-pyrrole nitrogens is 1. The van der Waals surface area contributed by atoms with Crippen LogP contribution < -0.4 is 4.74 Å². The normalized spacial score (nSPS) is 11.2. The third kappa shape index (κ3) is 1.98. The number of halogens is 1. The standard InChI is InChI=1S/C16H11ClN4O/c1-22-16-12-4-9(2-3-14(12)20-8-21-16)13-7-19-15-11(13)5-10(17)6-18-15/h2-8H,1H3,(H,18,19). The zero-order valence-electron chi connectivity index (χ0n) is 11.7. The Balaban J connectivity index is 1.98. The Labute approximate surface area is 131 Å². The van der Waals surface area contributed by atoms with Crippen LogP contribution >= 0.6 is 11.6 Å². The topological polar surface area (TPSA) is 63.7 Å². The Kier molecular flexibility index (Phi) is 2.94. The van der Waals surface area contributed by atoms with Crippen LogP contribution in [0.15, 0.2) is 43.0 Å². The van der Waals surface area contributed by atoms with Gasteiger partial charge in [-0.05, 0) is 23.8 Å². The minimum Gasteiger partial charge on any atom is -0.480 e. The number of benzene rings is 1. The molecule has 1 aromatic carbocycles. The van der Waals surface area contributed by atoms with Crippen LogP contribution in [0.2, 0.25) is 5.02 Å². The highest BCUT2D eigenvalue weighted by Gasteiger charge is 2.10. The minimum absolute atomic E-state index is 0.558. The molecule has 6 heteroatoms. The van der Waals surface area contributed by atoms with E-state index in [1.54, 1.807) is 13.3 Å². The van der Waals surface area contributed by atoms with E-state index in [4.69, 9.17) is 16.3 Å². The summed E-state index contributed by atoms with van der Waals surface area (Å²) in [6.07, 6.45) is 5.04. The van der Waals surface area contributed by atoms with Crippen molar-refractivity contribution in [2.75, 3.05) is 7.11 Å². The second kappa shape index (κ2) is 4.96. The SMILES string of the molecule is COc1ncnc2ccc(-c3c[nH]c4ncc(Cl)cc34)cc12. The molecule has 0 radical (unpaired) electrons. The molecule has 0 amide bonds. The number of hydrogen-bond acceptors (Lipinski definition) is 4. The molecule has 4 rings (SSSR count). The van der Waals surface area contributed by atoms with Crippen molar-refractivity contribution in [1.29, 1.82) is 0 Å². The van der Waals surface area contributed by atoms with Gasteiger partial charge in [-0.15, -0.1) is 0 Å². The molecular formula is C16H11ClN4O. The molecule has 0 bridgehead atoms. The maximum Gasteiger partial charge on any atom is 0.224 e. The van der Waals surface area contributed by atoms with Crippen molar-refractivity contribution < 1.29 is 4.74 Å². The van der Waals surface area contributed by atoms with Gasteiger partial charge in [-0.25, -0.2) is 15.0 Å². The van der Waals surface area contributed by atoms with Crippen molar-refractivity contribution in [2.24, 2.45) is 0 Å². The lowest BCUT2D eigenvalue weighted by Gasteiger charge is -2.06. The van der Waals surface area contributed by atoms with Crippen LogP contribution in [0.4, 0.5) is 0 Å². The van der Waals surface area contributed by atoms with E-state index in [0.717, 1.165) is 33.1 Å². The molecular weight excluding hydrogens is 300 g/mol. The van der Waals surface area contributed by atoms with E-state index in [1.807, 2.05) is 30.5 Å². The fourth-order valence-electron chi connectivity index (χ4n) is 2.58. The highest BCUT2D eigenvalue weighted by molar-refractivity contribution is 6.31. The number of pyridine rings is 1. The largest absolute Gasteiger partial charge is 0.480 e. The summed E-state index contributed by atoms with van der Waals surface area (Å²) < 4.78 is 5.31. The highest BCUT2D eigenvalue weighted by atomic mass is 35.5. The predicted octanol–water partition coefficient (Wildman–Crippen LogP) is 3.84. The molecule has 0 saturated heterocycles. The second-order valence-corrected chi connectivity index (χ2v) is 5.30. The average Bonchev–Trinajstić information content (AvgIpc) is 2.96. The first-order valence-electron chi connectivity index (χ1n) is 6.68. The summed E-state index contributed by atoms with van der Waals surface area (Å²) in [4.78, 5) is 15.9. The number of aromatic amines is 1. The maximum absolute atomic E-state index is 6.06. The van der Waals surface area contributed by atoms with E-state index >= 15 is 0 Å². The Hall–Kier alpha value is -2.66. The Bertz CT molecular complexity index is 996. The van der Waals surface area contributed by atoms with Gasteiger partial charge in [0.05, 0.1) is 23.0 Å². The van der Waals surface area contributed by atoms with Gasteiger partial charge in [0.2, 0.25) is 5.88 Å². The summed E-state index contributed by atoms with van der Waals surface area (Å²) in [6.45, 7) is 0. The number of hydrogen-bond donors (Lipinski definition) is 1. The summed E-state index contributed by atoms with van der Waals surface area (Å²) in [5, 5.41) is 2.45. The molecule has 0 saturated carbocycles. The van der Waals surface area contributed by atoms with E-state index in [0.29, 0.717) is 10.9 Å². The van der Waals surface area contributed by atoms with Crippen molar-refractivity contribution in [1.82, 2.24) is 19.9 Å². The second-order valence-electron chi connectivity index (χ2n) is 4.87. The van der Waals surface area contributed by atoms with Gasteiger partial charge in [-0.1, -0.05) is 17.7 Å². The minimum atomic E-state index is 0.558. The molecule has 0 aliphatic rings. The van der Waals surface area contributed by atoms with Gasteiger partial charge in [0.1, 0.15) is 12.0 Å². The van der Waals surface area contributed by atoms with Crippen molar-refractivity contribution in [3.8, 4) is 17.0 Å². The van der Waals surface area contributed by atoms with E-state index in [-0.39, 0.29) is 0 Å². The number of fused-ring (bicyclic) bond motifs is 2. The molecule has 0 fully saturated rings. The van der Waals surface area contributed by atoms with Crippen LogP contribution in [-0.2, 0) is 0 Å². The molecule has 108 valence electrons. The van der Waals surface area contributed by atoms with Gasteiger partial charge in [0.15, 0.2) is 0 Å². The number of methoxy groups -OCH3 is 1. The molecule has 0 atom stereocenters. The molecule has 22 heavy (non-hydrogen) atoms. The lowest BCUT2D eigenvalue weighted by atomic mass is 10.0. The molecule has 0 spiro atoms. The van der Waals surface area contributed by atoms with Crippen molar-refractivity contribution in [3.05, 3.63) is 48.0 Å². The number of nitrogens with one attached hydrogen (secondary N) is 1. The molecule has 1 N–H and O–H groups in total. The molecule has 0 aliphatic heterocycles. The Morgan fingerprint density at radius 2 is 2.00 bits per heavy atom. The van der Waals surface area contributed by atoms with E-state index in [9.17, 15) is 0 Å². The third-order valence-corrected chi connectivity index (χ3v) is 3.81. The van der Waals surface area contributed by atoms with Crippen LogP contribution in [0.3, 0.4) is 0 Å². The molecule has 4 aromatic rings. The molecule has 0 aliphatic carbocycles. The molecule has 0 unspecified atom stereocenters. The van der Waals surface area contributed by atoms with Crippen molar-refractivity contribution in [3.63, 3.8) is 0 Å². The number of ether oxygens (including phenoxy) is 1. The molecule has 5 nitrogen and oxygen atoms in total. The zero-order valence-corrected chi connectivity index (χ0v) is 12.4. The zero-order chi connectivity index (χ0) is 15.1. The lowest BCUT2D eigenvalue weighted by Crippen LogP contribution is -1.91. The summed E-state index contributed by atoms with van der Waals surface area (Å²) >= 11 is 6.06. The van der Waals surface area contributed by atoms with Crippen molar-refractivity contribution >= 4 is 33.5 Å². The van der Waals surface area contributed by atoms with Crippen LogP contribution in [0, 0.1) is 0 Å². The fraction of sp³-hybridized carbons (Fsp3) is 0.0625. The first kappa shape index (κ1) is 13.0. The predicted molar refractivity (Wildman–Crippen MR) is 86.2 cm³/mol. The van der Waals surface area contributed by atoms with Gasteiger partial charge in [-0.3, -0.25) is 0 Å². The summed E-state index contributed by atoms with van der Waals surface area (Å²) in [5.41, 5.74) is 3.69. The average molecular weight is 311 g/mol. The smallest absolute Gasteiger partial charge is 0.224 e. The van der Waals surface area contributed by atoms with E-state index in [2.05, 4.69) is 19.9 Å². The number of rotatable bonds is 2. The van der Waals surface area contributed by atoms with Crippen molar-refractivity contribution in [2.45, 2.75) is 0 Å². The first-order valence-corrected chi connectivity index (χ1v) is 7.06. The monoisotopic (exact) mass is 310 g/mol. The lowest BCUT2D eigenvalue weighted by molar-refractivity contribution is 0.402. The fourth-order valence-corrected chi connectivity index (χ4v) is 2.74. The number of nitrogens with zero attached hydrogens (tertiary/aromatic N) is 3. The van der Waals surface area contributed by atoms with Gasteiger partial charge < -0.3 is 9.72 Å². The summed E-state index contributed by atoms with van der Waals surface area (Å²) in [6, 6.07) is 7.88. The van der Waals surface area contributed by atoms with Crippen LogP contribution in [-0.4, -0.2) is 27.0 Å². The maximum atomic E-state index is 6.06.